The van der Waals surface area contributed by atoms with Gasteiger partial charge in [-0.25, -0.2) is 4.98 Å². The van der Waals surface area contributed by atoms with Gasteiger partial charge < -0.3 is 4.57 Å². The van der Waals surface area contributed by atoms with E-state index in [1.807, 2.05) is 30.5 Å². The summed E-state index contributed by atoms with van der Waals surface area (Å²) in [6.45, 7) is 0. The number of fused-ring (bicyclic) bond motifs is 6. The molecule has 0 aliphatic carbocycles. The van der Waals surface area contributed by atoms with Gasteiger partial charge in [0.1, 0.15) is 0 Å². The molecule has 0 spiro atoms. The van der Waals surface area contributed by atoms with Crippen LogP contribution in [0.2, 0.25) is 0 Å². The summed E-state index contributed by atoms with van der Waals surface area (Å²) in [5, 5.41) is 5.02. The minimum atomic E-state index is 0.867. The minimum absolute atomic E-state index is 0.867. The summed E-state index contributed by atoms with van der Waals surface area (Å²) in [4.78, 5) is 9.54. The SMILES string of the molecule is c1ccc(-c2ccc3c4c5ccccc5c(-c5ccccc5)cc4n(-c4ccc(-c5cnc6ccccc6n5)cc4)c3c2)cc1. The molecule has 0 atom stereocenters. The van der Waals surface area contributed by atoms with Gasteiger partial charge in [0, 0.05) is 22.0 Å². The molecule has 0 bridgehead atoms. The zero-order chi connectivity index (χ0) is 29.7. The Hall–Kier alpha value is -6.06. The summed E-state index contributed by atoms with van der Waals surface area (Å²) in [6, 6.07) is 56.1. The van der Waals surface area contributed by atoms with Crippen molar-refractivity contribution in [1.29, 1.82) is 0 Å². The molecule has 2 heterocycles. The van der Waals surface area contributed by atoms with Crippen LogP contribution in [0.3, 0.4) is 0 Å². The zero-order valence-electron chi connectivity index (χ0n) is 24.4. The van der Waals surface area contributed by atoms with Crippen molar-refractivity contribution in [2.45, 2.75) is 0 Å². The topological polar surface area (TPSA) is 30.7 Å². The van der Waals surface area contributed by atoms with Crippen molar-refractivity contribution in [2.24, 2.45) is 0 Å². The fraction of sp³-hybridized carbons (Fsp3) is 0. The van der Waals surface area contributed by atoms with E-state index in [0.29, 0.717) is 0 Å². The predicted molar refractivity (Wildman–Crippen MR) is 188 cm³/mol. The monoisotopic (exact) mass is 573 g/mol. The predicted octanol–water partition coefficient (Wildman–Crippen LogP) is 10.9. The molecule has 0 saturated carbocycles. The Labute approximate surface area is 260 Å². The maximum Gasteiger partial charge on any atom is 0.0894 e. The van der Waals surface area contributed by atoms with Crippen LogP contribution in [0.1, 0.15) is 0 Å². The highest BCUT2D eigenvalue weighted by atomic mass is 15.0. The molecule has 9 rings (SSSR count). The van der Waals surface area contributed by atoms with Gasteiger partial charge in [0.05, 0.1) is 34.0 Å². The second-order valence-corrected chi connectivity index (χ2v) is 11.5. The largest absolute Gasteiger partial charge is 0.309 e. The molecule has 0 fully saturated rings. The van der Waals surface area contributed by atoms with Gasteiger partial charge in [0.2, 0.25) is 0 Å². The van der Waals surface area contributed by atoms with Crippen LogP contribution in [-0.4, -0.2) is 14.5 Å². The van der Waals surface area contributed by atoms with E-state index in [1.165, 1.54) is 54.8 Å². The highest BCUT2D eigenvalue weighted by Crippen LogP contribution is 2.42. The van der Waals surface area contributed by atoms with Crippen LogP contribution >= 0.6 is 0 Å². The van der Waals surface area contributed by atoms with Gasteiger partial charge in [-0.1, -0.05) is 121 Å². The van der Waals surface area contributed by atoms with Crippen LogP contribution < -0.4 is 0 Å². The average molecular weight is 574 g/mol. The summed E-state index contributed by atoms with van der Waals surface area (Å²) in [5.74, 6) is 0. The fourth-order valence-corrected chi connectivity index (χ4v) is 6.70. The standard InChI is InChI=1S/C42H27N3/c1-3-11-28(12-4-1)31-21-24-35-40(25-31)45(32-22-19-30(20-23-32)39-27-43-37-17-9-10-18-38(37)44-39)41-26-36(29-13-5-2-6-14-29)33-15-7-8-16-34(33)42(35)41/h1-27H. The van der Waals surface area contributed by atoms with Crippen molar-refractivity contribution in [3.63, 3.8) is 0 Å². The quantitative estimate of drug-likeness (QED) is 0.210. The maximum absolute atomic E-state index is 4.89. The highest BCUT2D eigenvalue weighted by molar-refractivity contribution is 6.24. The molecule has 3 nitrogen and oxygen atoms in total. The first-order valence-corrected chi connectivity index (χ1v) is 15.3. The molecule has 0 unspecified atom stereocenters. The minimum Gasteiger partial charge on any atom is -0.309 e. The molecule has 2 aromatic heterocycles. The molecule has 0 radical (unpaired) electrons. The molecule has 7 aromatic carbocycles. The van der Waals surface area contributed by atoms with Crippen LogP contribution in [0.5, 0.6) is 0 Å². The van der Waals surface area contributed by atoms with Crippen molar-refractivity contribution < 1.29 is 0 Å². The highest BCUT2D eigenvalue weighted by Gasteiger charge is 2.19. The van der Waals surface area contributed by atoms with Crippen LogP contribution in [0.4, 0.5) is 0 Å². The number of hydrogen-bond acceptors (Lipinski definition) is 2. The van der Waals surface area contributed by atoms with Crippen molar-refractivity contribution in [3.05, 3.63) is 164 Å². The second-order valence-electron chi connectivity index (χ2n) is 11.5. The molecule has 0 amide bonds. The van der Waals surface area contributed by atoms with Gasteiger partial charge in [-0.2, -0.15) is 0 Å². The van der Waals surface area contributed by atoms with Gasteiger partial charge in [-0.05, 0) is 69.4 Å². The smallest absolute Gasteiger partial charge is 0.0894 e. The molecule has 0 N–H and O–H groups in total. The lowest BCUT2D eigenvalue weighted by Gasteiger charge is -2.13. The van der Waals surface area contributed by atoms with Crippen LogP contribution in [-0.2, 0) is 0 Å². The van der Waals surface area contributed by atoms with Crippen LogP contribution in [0.25, 0.3) is 82.8 Å². The second kappa shape index (κ2) is 10.3. The van der Waals surface area contributed by atoms with Crippen molar-refractivity contribution in [2.75, 3.05) is 0 Å². The molecule has 0 aliphatic heterocycles. The van der Waals surface area contributed by atoms with Gasteiger partial charge in [0.15, 0.2) is 0 Å². The van der Waals surface area contributed by atoms with Crippen LogP contribution in [0, 0.1) is 0 Å². The Balaban J connectivity index is 1.32. The summed E-state index contributed by atoms with van der Waals surface area (Å²) in [7, 11) is 0. The Kier molecular flexibility index (Phi) is 5.82. The Bertz CT molecular complexity index is 2510. The molecule has 210 valence electrons. The van der Waals surface area contributed by atoms with E-state index >= 15 is 0 Å². The Morgan fingerprint density at radius 2 is 1.07 bits per heavy atom. The first kappa shape index (κ1) is 25.4. The number of hydrogen-bond donors (Lipinski definition) is 0. The van der Waals surface area contributed by atoms with Gasteiger partial charge in [-0.15, -0.1) is 0 Å². The van der Waals surface area contributed by atoms with E-state index in [4.69, 9.17) is 4.98 Å². The Morgan fingerprint density at radius 1 is 0.422 bits per heavy atom. The maximum atomic E-state index is 4.89. The molecular formula is C42H27N3. The normalized spacial score (nSPS) is 11.6. The molecule has 45 heavy (non-hydrogen) atoms. The third-order valence-corrected chi connectivity index (χ3v) is 8.83. The third kappa shape index (κ3) is 4.21. The molecule has 3 heteroatoms. The molecular weight excluding hydrogens is 546 g/mol. The summed E-state index contributed by atoms with van der Waals surface area (Å²) in [5.41, 5.74) is 12.0. The van der Waals surface area contributed by atoms with Gasteiger partial charge in [-0.3, -0.25) is 4.98 Å². The summed E-state index contributed by atoms with van der Waals surface area (Å²) < 4.78 is 2.42. The first-order valence-electron chi connectivity index (χ1n) is 15.3. The van der Waals surface area contributed by atoms with Crippen molar-refractivity contribution >= 4 is 43.6 Å². The molecule has 9 aromatic rings. The van der Waals surface area contributed by atoms with E-state index in [2.05, 4.69) is 143 Å². The van der Waals surface area contributed by atoms with E-state index < -0.39 is 0 Å². The van der Waals surface area contributed by atoms with E-state index in [-0.39, 0.29) is 0 Å². The summed E-state index contributed by atoms with van der Waals surface area (Å²) in [6.07, 6.45) is 1.86. The van der Waals surface area contributed by atoms with E-state index in [1.54, 1.807) is 0 Å². The van der Waals surface area contributed by atoms with Crippen molar-refractivity contribution in [3.8, 4) is 39.2 Å². The Morgan fingerprint density at radius 3 is 1.84 bits per heavy atom. The molecule has 0 saturated heterocycles. The van der Waals surface area contributed by atoms with Crippen molar-refractivity contribution in [1.82, 2.24) is 14.5 Å². The lowest BCUT2D eigenvalue weighted by atomic mass is 9.94. The first-order chi connectivity index (χ1) is 22.3. The van der Waals surface area contributed by atoms with Gasteiger partial charge in [0.25, 0.3) is 0 Å². The number of rotatable bonds is 4. The number of nitrogens with zero attached hydrogens (tertiary/aromatic N) is 3. The van der Waals surface area contributed by atoms with E-state index in [9.17, 15) is 0 Å². The third-order valence-electron chi connectivity index (χ3n) is 8.83. The number of benzene rings is 7. The summed E-state index contributed by atoms with van der Waals surface area (Å²) >= 11 is 0. The fourth-order valence-electron chi connectivity index (χ4n) is 6.70. The number of aromatic nitrogens is 3. The molecule has 0 aliphatic rings. The lowest BCUT2D eigenvalue weighted by Crippen LogP contribution is -1.95. The number of para-hydroxylation sites is 2. The lowest BCUT2D eigenvalue weighted by molar-refractivity contribution is 1.18. The van der Waals surface area contributed by atoms with Gasteiger partial charge >= 0.3 is 0 Å². The zero-order valence-corrected chi connectivity index (χ0v) is 24.4. The van der Waals surface area contributed by atoms with E-state index in [0.717, 1.165) is 28.0 Å². The average Bonchev–Trinajstić information content (AvgIpc) is 3.45. The van der Waals surface area contributed by atoms with Crippen LogP contribution in [0.15, 0.2) is 164 Å².